The molecular weight excluding hydrogens is 410 g/mol. The van der Waals surface area contributed by atoms with Gasteiger partial charge in [-0.3, -0.25) is 4.98 Å². The van der Waals surface area contributed by atoms with E-state index in [4.69, 9.17) is 4.74 Å². The highest BCUT2D eigenvalue weighted by atomic mass is 32.2. The Balaban J connectivity index is 1.28. The molecule has 2 aromatic heterocycles. The normalized spacial score (nSPS) is 11.1. The van der Waals surface area contributed by atoms with Crippen LogP contribution in [-0.2, 0) is 12.2 Å². The molecule has 0 aliphatic heterocycles. The summed E-state index contributed by atoms with van der Waals surface area (Å²) >= 11 is 3.57. The van der Waals surface area contributed by atoms with E-state index in [-0.39, 0.29) is 0 Å². The predicted molar refractivity (Wildman–Crippen MR) is 127 cm³/mol. The molecule has 2 heterocycles. The Labute approximate surface area is 185 Å². The third-order valence-electron chi connectivity index (χ3n) is 4.81. The van der Waals surface area contributed by atoms with Crippen LogP contribution < -0.4 is 4.74 Å². The Bertz CT molecular complexity index is 1110. The second kappa shape index (κ2) is 10.0. The van der Waals surface area contributed by atoms with Gasteiger partial charge < -0.3 is 9.72 Å². The molecule has 6 heteroatoms. The van der Waals surface area contributed by atoms with Gasteiger partial charge in [-0.2, -0.15) is 0 Å². The number of nitrogens with zero attached hydrogens (tertiary/aromatic N) is 2. The number of aryl methyl sites for hydroxylation is 2. The maximum absolute atomic E-state index is 5.28. The third-order valence-corrected chi connectivity index (χ3v) is 6.80. The number of thioether (sulfide) groups is 2. The van der Waals surface area contributed by atoms with Crippen LogP contribution in [0.3, 0.4) is 0 Å². The van der Waals surface area contributed by atoms with Gasteiger partial charge >= 0.3 is 0 Å². The lowest BCUT2D eigenvalue weighted by atomic mass is 10.1. The molecule has 0 fully saturated rings. The molecule has 0 aliphatic carbocycles. The molecule has 0 atom stereocenters. The fraction of sp³-hybridized carbons (Fsp3) is 0.250. The first kappa shape index (κ1) is 20.8. The lowest BCUT2D eigenvalue weighted by Crippen LogP contribution is -1.90. The van der Waals surface area contributed by atoms with Crippen molar-refractivity contribution < 1.29 is 4.74 Å². The first-order valence-corrected chi connectivity index (χ1v) is 12.0. The zero-order valence-electron chi connectivity index (χ0n) is 17.2. The Morgan fingerprint density at radius 1 is 1.00 bits per heavy atom. The van der Waals surface area contributed by atoms with Crippen LogP contribution in [0.2, 0.25) is 0 Å². The van der Waals surface area contributed by atoms with Gasteiger partial charge in [-0.25, -0.2) is 4.98 Å². The molecule has 2 aromatic carbocycles. The Morgan fingerprint density at radius 3 is 2.70 bits per heavy atom. The summed E-state index contributed by atoms with van der Waals surface area (Å²) in [5.74, 6) is 2.72. The van der Waals surface area contributed by atoms with Crippen molar-refractivity contribution in [1.82, 2.24) is 15.0 Å². The number of nitrogens with one attached hydrogen (secondary N) is 1. The fourth-order valence-electron chi connectivity index (χ4n) is 3.15. The number of aromatic nitrogens is 3. The Hall–Kier alpha value is -2.44. The summed E-state index contributed by atoms with van der Waals surface area (Å²) in [5, 5.41) is 0.899. The average molecular weight is 436 g/mol. The number of fused-ring (bicyclic) bond motifs is 1. The van der Waals surface area contributed by atoms with E-state index >= 15 is 0 Å². The van der Waals surface area contributed by atoms with Crippen molar-refractivity contribution in [1.29, 1.82) is 0 Å². The molecule has 1 N–H and O–H groups in total. The Kier molecular flexibility index (Phi) is 6.97. The minimum absolute atomic E-state index is 0.786. The monoisotopic (exact) mass is 435 g/mol. The largest absolute Gasteiger partial charge is 0.497 e. The average Bonchev–Trinajstić information content (AvgIpc) is 3.19. The molecule has 0 saturated carbocycles. The molecule has 4 rings (SSSR count). The minimum atomic E-state index is 0.786. The van der Waals surface area contributed by atoms with E-state index in [1.165, 1.54) is 22.4 Å². The lowest BCUT2D eigenvalue weighted by molar-refractivity contribution is 0.415. The van der Waals surface area contributed by atoms with Gasteiger partial charge in [-0.1, -0.05) is 41.6 Å². The third kappa shape index (κ3) is 5.58. The van der Waals surface area contributed by atoms with Gasteiger partial charge in [0.15, 0.2) is 5.16 Å². The maximum Gasteiger partial charge on any atom is 0.166 e. The predicted octanol–water partition coefficient (Wildman–Crippen LogP) is 6.29. The van der Waals surface area contributed by atoms with E-state index in [0.717, 1.165) is 45.6 Å². The topological polar surface area (TPSA) is 50.8 Å². The maximum atomic E-state index is 5.28. The SMILES string of the molecule is COc1ccc2nc(SCc3cc(SCCCc4ccc(C)cc4)ccn3)[nH]c2c1. The summed E-state index contributed by atoms with van der Waals surface area (Å²) in [6.45, 7) is 2.13. The van der Waals surface area contributed by atoms with E-state index in [2.05, 4.69) is 58.3 Å². The fourth-order valence-corrected chi connectivity index (χ4v) is 4.84. The number of H-pyrrole nitrogens is 1. The number of hydrogen-bond acceptors (Lipinski definition) is 5. The Morgan fingerprint density at radius 2 is 1.87 bits per heavy atom. The summed E-state index contributed by atoms with van der Waals surface area (Å²) in [6.07, 6.45) is 4.20. The molecule has 0 saturated heterocycles. The summed E-state index contributed by atoms with van der Waals surface area (Å²) in [5.41, 5.74) is 5.74. The van der Waals surface area contributed by atoms with Crippen molar-refractivity contribution in [3.05, 3.63) is 77.6 Å². The summed E-state index contributed by atoms with van der Waals surface area (Å²) in [7, 11) is 1.67. The van der Waals surface area contributed by atoms with Gasteiger partial charge in [-0.05, 0) is 55.3 Å². The molecule has 30 heavy (non-hydrogen) atoms. The molecule has 4 aromatic rings. The number of pyridine rings is 1. The van der Waals surface area contributed by atoms with Crippen LogP contribution in [0.5, 0.6) is 5.75 Å². The second-order valence-electron chi connectivity index (χ2n) is 7.13. The molecule has 0 aliphatic rings. The van der Waals surface area contributed by atoms with E-state index in [1.807, 2.05) is 36.2 Å². The smallest absolute Gasteiger partial charge is 0.166 e. The summed E-state index contributed by atoms with van der Waals surface area (Å²) < 4.78 is 5.28. The number of aromatic amines is 1. The molecule has 0 amide bonds. The standard InChI is InChI=1S/C24H25N3OS2/c1-17-5-7-18(8-6-17)4-3-13-29-21-11-12-25-19(14-21)16-30-24-26-22-10-9-20(28-2)15-23(22)27-24/h5-12,14-15H,3-4,13,16H2,1-2H3,(H,26,27). The summed E-state index contributed by atoms with van der Waals surface area (Å²) in [6, 6.07) is 19.0. The van der Waals surface area contributed by atoms with Crippen LogP contribution in [0.15, 0.2) is 70.8 Å². The van der Waals surface area contributed by atoms with Gasteiger partial charge in [-0.15, -0.1) is 11.8 Å². The van der Waals surface area contributed by atoms with Crippen molar-refractivity contribution in [2.75, 3.05) is 12.9 Å². The number of imidazole rings is 1. The molecule has 0 spiro atoms. The van der Waals surface area contributed by atoms with Crippen LogP contribution in [0.4, 0.5) is 0 Å². The second-order valence-corrected chi connectivity index (χ2v) is 9.27. The molecule has 4 nitrogen and oxygen atoms in total. The van der Waals surface area contributed by atoms with Gasteiger partial charge in [0.05, 0.1) is 23.8 Å². The molecule has 0 bridgehead atoms. The molecular formula is C24H25N3OS2. The zero-order chi connectivity index (χ0) is 20.8. The number of ether oxygens (including phenoxy) is 1. The van der Waals surface area contributed by atoms with Crippen LogP contribution in [0.25, 0.3) is 11.0 Å². The van der Waals surface area contributed by atoms with Crippen molar-refractivity contribution in [2.24, 2.45) is 0 Å². The van der Waals surface area contributed by atoms with Crippen molar-refractivity contribution in [2.45, 2.75) is 35.6 Å². The molecule has 0 unspecified atom stereocenters. The van der Waals surface area contributed by atoms with Gasteiger partial charge in [0.25, 0.3) is 0 Å². The lowest BCUT2D eigenvalue weighted by Gasteiger charge is -2.05. The number of rotatable bonds is 9. The number of hydrogen-bond donors (Lipinski definition) is 1. The van der Waals surface area contributed by atoms with Gasteiger partial charge in [0, 0.05) is 22.9 Å². The first-order valence-electron chi connectivity index (χ1n) is 9.99. The number of methoxy groups -OCH3 is 1. The highest BCUT2D eigenvalue weighted by Crippen LogP contribution is 2.26. The van der Waals surface area contributed by atoms with Crippen molar-refractivity contribution >= 4 is 34.6 Å². The van der Waals surface area contributed by atoms with Crippen LogP contribution in [0.1, 0.15) is 23.2 Å². The van der Waals surface area contributed by atoms with Gasteiger partial charge in [0.2, 0.25) is 0 Å². The van der Waals surface area contributed by atoms with E-state index < -0.39 is 0 Å². The number of benzene rings is 2. The van der Waals surface area contributed by atoms with Crippen molar-refractivity contribution in [3.8, 4) is 5.75 Å². The first-order chi connectivity index (χ1) is 14.7. The minimum Gasteiger partial charge on any atom is -0.497 e. The van der Waals surface area contributed by atoms with Crippen LogP contribution in [0, 0.1) is 6.92 Å². The van der Waals surface area contributed by atoms with E-state index in [0.29, 0.717) is 0 Å². The van der Waals surface area contributed by atoms with E-state index in [9.17, 15) is 0 Å². The van der Waals surface area contributed by atoms with E-state index in [1.54, 1.807) is 18.9 Å². The molecule has 0 radical (unpaired) electrons. The van der Waals surface area contributed by atoms with Crippen molar-refractivity contribution in [3.63, 3.8) is 0 Å². The quantitative estimate of drug-likeness (QED) is 0.247. The van der Waals surface area contributed by atoms with Gasteiger partial charge in [0.1, 0.15) is 5.75 Å². The zero-order valence-corrected chi connectivity index (χ0v) is 18.9. The van der Waals surface area contributed by atoms with Crippen LogP contribution in [-0.4, -0.2) is 27.8 Å². The van der Waals surface area contributed by atoms with Crippen LogP contribution >= 0.6 is 23.5 Å². The molecule has 154 valence electrons. The highest BCUT2D eigenvalue weighted by molar-refractivity contribution is 7.99. The summed E-state index contributed by atoms with van der Waals surface area (Å²) in [4.78, 5) is 13.8. The highest BCUT2D eigenvalue weighted by Gasteiger charge is 2.06.